The Labute approximate surface area is 223 Å². The monoisotopic (exact) mass is 557 g/mol. The number of rotatable bonds is 5. The Bertz CT molecular complexity index is 1140. The van der Waals surface area contributed by atoms with E-state index in [4.69, 9.17) is 27.9 Å². The van der Waals surface area contributed by atoms with Crippen LogP contribution in [0.15, 0.2) is 36.5 Å². The van der Waals surface area contributed by atoms with Gasteiger partial charge in [0.25, 0.3) is 0 Å². The van der Waals surface area contributed by atoms with Gasteiger partial charge in [-0.2, -0.15) is 13.2 Å². The highest BCUT2D eigenvalue weighted by molar-refractivity contribution is 6.42. The highest BCUT2D eigenvalue weighted by Gasteiger charge is 2.42. The van der Waals surface area contributed by atoms with Gasteiger partial charge in [-0.05, 0) is 43.5 Å². The first-order chi connectivity index (χ1) is 17.4. The van der Waals surface area contributed by atoms with Crippen LogP contribution in [0.2, 0.25) is 10.0 Å². The van der Waals surface area contributed by atoms with Crippen LogP contribution in [0.4, 0.5) is 13.2 Å². The molecule has 200 valence electrons. The second kappa shape index (κ2) is 11.1. The van der Waals surface area contributed by atoms with E-state index in [0.29, 0.717) is 49.1 Å². The van der Waals surface area contributed by atoms with E-state index in [1.54, 1.807) is 17.0 Å². The van der Waals surface area contributed by atoms with Gasteiger partial charge in [-0.3, -0.25) is 9.59 Å². The molecular formula is C26H28Cl2F3N3O3. The molecule has 0 unspecified atom stereocenters. The molecular weight excluding hydrogens is 530 g/mol. The first-order valence-electron chi connectivity index (χ1n) is 12.1. The number of alkyl halides is 3. The van der Waals surface area contributed by atoms with Gasteiger partial charge in [0.05, 0.1) is 15.6 Å². The normalized spacial score (nSPS) is 21.7. The number of aromatic nitrogens is 1. The van der Waals surface area contributed by atoms with Crippen LogP contribution in [0.3, 0.4) is 0 Å². The number of benzene rings is 1. The van der Waals surface area contributed by atoms with Crippen molar-refractivity contribution in [2.45, 2.75) is 44.9 Å². The molecule has 2 amide bonds. The fourth-order valence-corrected chi connectivity index (χ4v) is 5.48. The van der Waals surface area contributed by atoms with E-state index in [9.17, 15) is 22.8 Å². The molecule has 2 fully saturated rings. The maximum atomic E-state index is 13.4. The van der Waals surface area contributed by atoms with Crippen LogP contribution in [0, 0.1) is 11.8 Å². The van der Waals surface area contributed by atoms with E-state index >= 15 is 0 Å². The van der Waals surface area contributed by atoms with E-state index in [-0.39, 0.29) is 35.4 Å². The molecule has 2 aromatic rings. The zero-order valence-corrected chi connectivity index (χ0v) is 22.0. The molecule has 2 saturated heterocycles. The van der Waals surface area contributed by atoms with Gasteiger partial charge in [0.2, 0.25) is 17.7 Å². The van der Waals surface area contributed by atoms with Gasteiger partial charge in [-0.1, -0.05) is 29.3 Å². The lowest BCUT2D eigenvalue weighted by atomic mass is 9.86. The lowest BCUT2D eigenvalue weighted by Gasteiger charge is -2.32. The Morgan fingerprint density at radius 1 is 1.05 bits per heavy atom. The summed E-state index contributed by atoms with van der Waals surface area (Å²) in [6, 6.07) is 7.50. The van der Waals surface area contributed by atoms with Crippen LogP contribution in [0.1, 0.15) is 43.7 Å². The summed E-state index contributed by atoms with van der Waals surface area (Å²) in [5.41, 5.74) is 0.0478. The van der Waals surface area contributed by atoms with E-state index in [1.807, 2.05) is 17.9 Å². The summed E-state index contributed by atoms with van der Waals surface area (Å²) in [5, 5.41) is 0.820. The summed E-state index contributed by atoms with van der Waals surface area (Å²) in [4.78, 5) is 32.5. The molecule has 1 aromatic carbocycles. The van der Waals surface area contributed by atoms with Gasteiger partial charge in [0.1, 0.15) is 6.10 Å². The van der Waals surface area contributed by atoms with E-state index in [1.165, 1.54) is 13.0 Å². The topological polar surface area (TPSA) is 62.7 Å². The summed E-state index contributed by atoms with van der Waals surface area (Å²) in [6.07, 6.45) is -2.97. The summed E-state index contributed by atoms with van der Waals surface area (Å²) < 4.78 is 44.7. The van der Waals surface area contributed by atoms with Gasteiger partial charge in [-0.15, -0.1) is 0 Å². The molecule has 0 spiro atoms. The maximum Gasteiger partial charge on any atom is 0.417 e. The molecule has 1 aromatic heterocycles. The number of nitrogens with zero attached hydrogens (tertiary/aromatic N) is 3. The fourth-order valence-electron chi connectivity index (χ4n) is 5.18. The molecule has 2 aliphatic heterocycles. The largest absolute Gasteiger partial charge is 0.474 e. The number of hydrogen-bond donors (Lipinski definition) is 0. The highest BCUT2D eigenvalue weighted by atomic mass is 35.5. The summed E-state index contributed by atoms with van der Waals surface area (Å²) >= 11 is 12.4. The minimum absolute atomic E-state index is 0.00895. The number of halogens is 5. The second-order valence-electron chi connectivity index (χ2n) is 9.67. The van der Waals surface area contributed by atoms with Gasteiger partial charge in [0.15, 0.2) is 0 Å². The third-order valence-corrected chi connectivity index (χ3v) is 8.05. The van der Waals surface area contributed by atoms with Gasteiger partial charge in [-0.25, -0.2) is 4.98 Å². The minimum Gasteiger partial charge on any atom is -0.474 e. The average molecular weight is 558 g/mol. The molecule has 0 aliphatic carbocycles. The third-order valence-electron chi connectivity index (χ3n) is 7.31. The average Bonchev–Trinajstić information content (AvgIpc) is 3.31. The minimum atomic E-state index is -4.48. The Morgan fingerprint density at radius 3 is 2.32 bits per heavy atom. The van der Waals surface area contributed by atoms with E-state index in [0.717, 1.165) is 17.8 Å². The first-order valence-corrected chi connectivity index (χ1v) is 12.9. The Kier molecular flexibility index (Phi) is 8.23. The van der Waals surface area contributed by atoms with Crippen LogP contribution in [0.25, 0.3) is 0 Å². The van der Waals surface area contributed by atoms with Crippen molar-refractivity contribution in [1.29, 1.82) is 0 Å². The summed E-state index contributed by atoms with van der Waals surface area (Å²) in [6.45, 7) is 5.33. The predicted molar refractivity (Wildman–Crippen MR) is 134 cm³/mol. The number of hydrogen-bond acceptors (Lipinski definition) is 4. The van der Waals surface area contributed by atoms with Crippen molar-refractivity contribution in [2.75, 3.05) is 26.2 Å². The lowest BCUT2D eigenvalue weighted by Crippen LogP contribution is -2.43. The van der Waals surface area contributed by atoms with E-state index in [2.05, 4.69) is 4.98 Å². The number of carbonyl (C=O) groups excluding carboxylic acids is 2. The van der Waals surface area contributed by atoms with Crippen molar-refractivity contribution in [1.82, 2.24) is 14.8 Å². The Balaban J connectivity index is 1.52. The van der Waals surface area contributed by atoms with Crippen molar-refractivity contribution in [3.63, 3.8) is 0 Å². The molecule has 0 bridgehead atoms. The smallest absolute Gasteiger partial charge is 0.417 e. The van der Waals surface area contributed by atoms with Crippen molar-refractivity contribution in [3.05, 3.63) is 57.7 Å². The van der Waals surface area contributed by atoms with Crippen LogP contribution in [-0.4, -0.2) is 58.9 Å². The molecule has 2 aliphatic rings. The molecule has 37 heavy (non-hydrogen) atoms. The van der Waals surface area contributed by atoms with Crippen molar-refractivity contribution < 1.29 is 27.5 Å². The molecule has 11 heteroatoms. The Hall–Kier alpha value is -2.52. The molecule has 0 radical (unpaired) electrons. The third kappa shape index (κ3) is 6.32. The van der Waals surface area contributed by atoms with Crippen molar-refractivity contribution in [3.8, 4) is 5.88 Å². The lowest BCUT2D eigenvalue weighted by molar-refractivity contribution is -0.139. The van der Waals surface area contributed by atoms with E-state index < -0.39 is 17.8 Å². The maximum absolute atomic E-state index is 13.4. The van der Waals surface area contributed by atoms with Crippen LogP contribution >= 0.6 is 23.2 Å². The predicted octanol–water partition coefficient (Wildman–Crippen LogP) is 5.68. The molecule has 0 saturated carbocycles. The van der Waals surface area contributed by atoms with Crippen LogP contribution < -0.4 is 4.74 Å². The van der Waals surface area contributed by atoms with Crippen molar-refractivity contribution >= 4 is 35.0 Å². The number of pyridine rings is 1. The zero-order valence-electron chi connectivity index (χ0n) is 20.5. The first kappa shape index (κ1) is 27.5. The molecule has 6 nitrogen and oxygen atoms in total. The quantitative estimate of drug-likeness (QED) is 0.474. The van der Waals surface area contributed by atoms with Crippen LogP contribution in [0.5, 0.6) is 5.88 Å². The standard InChI is InChI=1S/C26H28Cl2F3N3O3/c1-15(37-24-6-4-19(12-32-24)26(29,30)31)20-13-34(14-21(20)18-3-5-22(27)23(28)11-18)25(36)17-7-9-33(10-8-17)16(2)35/h3-6,11-12,15,17,20-21H,7-10,13-14H2,1-2H3/t15-,20-,21-/m1/s1. The number of ether oxygens (including phenoxy) is 1. The Morgan fingerprint density at radius 2 is 1.76 bits per heavy atom. The van der Waals surface area contributed by atoms with Gasteiger partial charge in [0, 0.05) is 63.1 Å². The van der Waals surface area contributed by atoms with Crippen LogP contribution in [-0.2, 0) is 15.8 Å². The van der Waals surface area contributed by atoms with Crippen molar-refractivity contribution in [2.24, 2.45) is 11.8 Å². The summed E-state index contributed by atoms with van der Waals surface area (Å²) in [7, 11) is 0. The summed E-state index contributed by atoms with van der Waals surface area (Å²) in [5.74, 6) is -0.334. The van der Waals surface area contributed by atoms with Gasteiger partial charge < -0.3 is 14.5 Å². The zero-order chi connectivity index (χ0) is 26.9. The molecule has 4 rings (SSSR count). The molecule has 0 N–H and O–H groups in total. The number of amides is 2. The van der Waals surface area contributed by atoms with Gasteiger partial charge >= 0.3 is 6.18 Å². The SMILES string of the molecule is CC(=O)N1CCC(C(=O)N2C[C@H]([C@@H](C)Oc3ccc(C(F)(F)F)cn3)[C@@H](c3ccc(Cl)c(Cl)c3)C2)CC1. The highest BCUT2D eigenvalue weighted by Crippen LogP contribution is 2.39. The number of piperidine rings is 1. The molecule has 3 atom stereocenters. The fraction of sp³-hybridized carbons (Fsp3) is 0.500. The number of carbonyl (C=O) groups is 2. The molecule has 3 heterocycles. The second-order valence-corrected chi connectivity index (χ2v) is 10.5. The number of likely N-dealkylation sites (tertiary alicyclic amines) is 2.